The quantitative estimate of drug-likeness (QED) is 0.684. The minimum atomic E-state index is 0.794. The zero-order valence-electron chi connectivity index (χ0n) is 13.4. The number of rotatable bonds is 2. The van der Waals surface area contributed by atoms with Crippen LogP contribution in [0.1, 0.15) is 26.7 Å². The Morgan fingerprint density at radius 2 is 2.09 bits per heavy atom. The van der Waals surface area contributed by atoms with E-state index < -0.39 is 0 Å². The monoisotopic (exact) mass is 314 g/mol. The van der Waals surface area contributed by atoms with E-state index in [9.17, 15) is 0 Å². The maximum atomic E-state index is 4.48. The molecule has 0 radical (unpaired) electrons. The van der Waals surface area contributed by atoms with Gasteiger partial charge < -0.3 is 10.2 Å². The number of fused-ring (bicyclic) bond motifs is 1. The molecule has 1 N–H and O–H groups in total. The highest BCUT2D eigenvalue weighted by Gasteiger charge is 2.18. The summed E-state index contributed by atoms with van der Waals surface area (Å²) >= 11 is 1.75. The highest BCUT2D eigenvalue weighted by atomic mass is 32.1. The minimum Gasteiger partial charge on any atom is -0.351 e. The molecule has 0 bridgehead atoms. The van der Waals surface area contributed by atoms with E-state index in [1.54, 1.807) is 11.3 Å². The molecule has 0 aliphatic carbocycles. The van der Waals surface area contributed by atoms with Crippen LogP contribution in [-0.4, -0.2) is 29.4 Å². The second-order valence-corrected chi connectivity index (χ2v) is 6.87. The lowest BCUT2D eigenvalue weighted by Gasteiger charge is -2.31. The molecule has 3 rings (SSSR count). The summed E-state index contributed by atoms with van der Waals surface area (Å²) in [6.07, 6.45) is 1.08. The predicted molar refractivity (Wildman–Crippen MR) is 92.3 cm³/mol. The van der Waals surface area contributed by atoms with Crippen LogP contribution in [0.5, 0.6) is 0 Å². The molecular formula is C17H22N4S. The Morgan fingerprint density at radius 1 is 1.32 bits per heavy atom. The van der Waals surface area contributed by atoms with Crippen LogP contribution >= 0.6 is 11.3 Å². The number of aliphatic imine (C=N–C) groups is 1. The van der Waals surface area contributed by atoms with Gasteiger partial charge in [0.2, 0.25) is 0 Å². The number of benzene rings is 1. The van der Waals surface area contributed by atoms with Crippen LogP contribution < -0.4 is 5.32 Å². The molecule has 2 aromatic rings. The number of aryl methyl sites for hydroxylation is 2. The van der Waals surface area contributed by atoms with E-state index in [4.69, 9.17) is 0 Å². The Balaban J connectivity index is 1.67. The molecule has 4 nitrogen and oxygen atoms in total. The van der Waals surface area contributed by atoms with Gasteiger partial charge in [-0.25, -0.2) is 4.98 Å². The second kappa shape index (κ2) is 6.48. The van der Waals surface area contributed by atoms with Crippen LogP contribution in [0.3, 0.4) is 0 Å². The molecule has 0 saturated heterocycles. The number of thiazole rings is 1. The van der Waals surface area contributed by atoms with Crippen molar-refractivity contribution in [3.63, 3.8) is 0 Å². The summed E-state index contributed by atoms with van der Waals surface area (Å²) in [5, 5.41) is 4.61. The van der Waals surface area contributed by atoms with E-state index in [1.807, 2.05) is 7.05 Å². The second-order valence-electron chi connectivity index (χ2n) is 5.58. The van der Waals surface area contributed by atoms with E-state index in [0.717, 1.165) is 42.7 Å². The van der Waals surface area contributed by atoms with Gasteiger partial charge in [0.1, 0.15) is 0 Å². The first-order chi connectivity index (χ1) is 10.7. The van der Waals surface area contributed by atoms with Crippen LogP contribution in [0.15, 0.2) is 29.3 Å². The van der Waals surface area contributed by atoms with Crippen molar-refractivity contribution in [2.24, 2.45) is 4.99 Å². The fourth-order valence-corrected chi connectivity index (χ4v) is 3.78. The first-order valence-corrected chi connectivity index (χ1v) is 8.44. The lowest BCUT2D eigenvalue weighted by atomic mass is 10.0. The molecule has 1 aliphatic heterocycles. The van der Waals surface area contributed by atoms with Crippen molar-refractivity contribution >= 4 is 17.3 Å². The highest BCUT2D eigenvalue weighted by molar-refractivity contribution is 7.11. The topological polar surface area (TPSA) is 40.5 Å². The standard InChI is InChI=1S/C17H22N4S/c1-12-16(22-13(2)20-12)10-19-17(18-3)21-9-8-14-6-4-5-7-15(14)11-21/h4-7H,8-11H2,1-3H3,(H,18,19). The van der Waals surface area contributed by atoms with Gasteiger partial charge in [-0.05, 0) is 31.4 Å². The molecule has 1 aliphatic rings. The summed E-state index contributed by atoms with van der Waals surface area (Å²) in [5.74, 6) is 0.972. The Morgan fingerprint density at radius 3 is 2.77 bits per heavy atom. The van der Waals surface area contributed by atoms with Gasteiger partial charge in [0.05, 0.1) is 17.2 Å². The van der Waals surface area contributed by atoms with E-state index in [-0.39, 0.29) is 0 Å². The van der Waals surface area contributed by atoms with Crippen molar-refractivity contribution in [1.82, 2.24) is 15.2 Å². The molecule has 22 heavy (non-hydrogen) atoms. The van der Waals surface area contributed by atoms with Crippen molar-refractivity contribution in [2.75, 3.05) is 13.6 Å². The van der Waals surface area contributed by atoms with Gasteiger partial charge in [0.25, 0.3) is 0 Å². The fraction of sp³-hybridized carbons (Fsp3) is 0.412. The third kappa shape index (κ3) is 3.14. The van der Waals surface area contributed by atoms with Gasteiger partial charge in [-0.15, -0.1) is 11.3 Å². The Labute approximate surface area is 135 Å². The van der Waals surface area contributed by atoms with E-state index >= 15 is 0 Å². The number of nitrogens with one attached hydrogen (secondary N) is 1. The zero-order valence-corrected chi connectivity index (χ0v) is 14.2. The van der Waals surface area contributed by atoms with E-state index in [1.165, 1.54) is 16.0 Å². The molecule has 1 aromatic heterocycles. The average Bonchev–Trinajstić information content (AvgIpc) is 2.85. The molecule has 0 spiro atoms. The molecule has 0 atom stereocenters. The summed E-state index contributed by atoms with van der Waals surface area (Å²) in [5.41, 5.74) is 3.99. The number of nitrogens with zero attached hydrogens (tertiary/aromatic N) is 3. The fourth-order valence-electron chi connectivity index (χ4n) is 2.91. The number of hydrogen-bond acceptors (Lipinski definition) is 3. The minimum absolute atomic E-state index is 0.794. The van der Waals surface area contributed by atoms with Crippen LogP contribution in [0.4, 0.5) is 0 Å². The molecular weight excluding hydrogens is 292 g/mol. The smallest absolute Gasteiger partial charge is 0.194 e. The zero-order chi connectivity index (χ0) is 15.5. The summed E-state index contributed by atoms with van der Waals surface area (Å²) in [6, 6.07) is 8.68. The highest BCUT2D eigenvalue weighted by Crippen LogP contribution is 2.19. The molecule has 116 valence electrons. The molecule has 0 fully saturated rings. The maximum Gasteiger partial charge on any atom is 0.194 e. The molecule has 5 heteroatoms. The Bertz CT molecular complexity index is 690. The Hall–Kier alpha value is -1.88. The van der Waals surface area contributed by atoms with Crippen molar-refractivity contribution in [3.05, 3.63) is 51.0 Å². The van der Waals surface area contributed by atoms with Gasteiger partial charge in [0.15, 0.2) is 5.96 Å². The SMILES string of the molecule is CN=C(NCc1sc(C)nc1C)N1CCc2ccccc2C1. The van der Waals surface area contributed by atoms with Gasteiger partial charge in [-0.2, -0.15) is 0 Å². The number of guanidine groups is 1. The first kappa shape index (κ1) is 15.0. The van der Waals surface area contributed by atoms with Crippen molar-refractivity contribution in [2.45, 2.75) is 33.4 Å². The lowest BCUT2D eigenvalue weighted by Crippen LogP contribution is -2.43. The largest absolute Gasteiger partial charge is 0.351 e. The first-order valence-electron chi connectivity index (χ1n) is 7.62. The van der Waals surface area contributed by atoms with Crippen molar-refractivity contribution in [1.29, 1.82) is 0 Å². The average molecular weight is 314 g/mol. The molecule has 0 unspecified atom stereocenters. The van der Waals surface area contributed by atoms with Gasteiger partial charge in [-0.3, -0.25) is 4.99 Å². The predicted octanol–water partition coefficient (Wildman–Crippen LogP) is 2.89. The lowest BCUT2D eigenvalue weighted by molar-refractivity contribution is 0.378. The van der Waals surface area contributed by atoms with Crippen LogP contribution in [0, 0.1) is 13.8 Å². The van der Waals surface area contributed by atoms with Gasteiger partial charge in [0, 0.05) is 25.0 Å². The van der Waals surface area contributed by atoms with Crippen LogP contribution in [0.25, 0.3) is 0 Å². The summed E-state index contributed by atoms with van der Waals surface area (Å²) in [6.45, 7) is 6.86. The van der Waals surface area contributed by atoms with Gasteiger partial charge in [-0.1, -0.05) is 24.3 Å². The molecule has 1 aromatic carbocycles. The van der Waals surface area contributed by atoms with Crippen molar-refractivity contribution in [3.8, 4) is 0 Å². The molecule has 0 saturated carbocycles. The summed E-state index contributed by atoms with van der Waals surface area (Å²) in [4.78, 5) is 12.5. The van der Waals surface area contributed by atoms with E-state index in [2.05, 4.69) is 58.3 Å². The Kier molecular flexibility index (Phi) is 4.43. The van der Waals surface area contributed by atoms with Crippen molar-refractivity contribution < 1.29 is 0 Å². The van der Waals surface area contributed by atoms with Crippen LogP contribution in [-0.2, 0) is 19.5 Å². The third-order valence-corrected chi connectivity index (χ3v) is 5.12. The van der Waals surface area contributed by atoms with Crippen LogP contribution in [0.2, 0.25) is 0 Å². The third-order valence-electron chi connectivity index (χ3n) is 4.05. The summed E-state index contributed by atoms with van der Waals surface area (Å²) < 4.78 is 0. The molecule has 0 amide bonds. The summed E-state index contributed by atoms with van der Waals surface area (Å²) in [7, 11) is 1.85. The number of hydrogen-bond donors (Lipinski definition) is 1. The molecule has 2 heterocycles. The maximum absolute atomic E-state index is 4.48. The van der Waals surface area contributed by atoms with E-state index in [0.29, 0.717) is 0 Å². The van der Waals surface area contributed by atoms with Gasteiger partial charge >= 0.3 is 0 Å². The number of aromatic nitrogens is 1. The normalized spacial score (nSPS) is 14.9.